The number of hydrogen-bond acceptors (Lipinski definition) is 5. The smallest absolute Gasteiger partial charge is 0.239 e. The van der Waals surface area contributed by atoms with Gasteiger partial charge in [-0.3, -0.25) is 9.59 Å². The van der Waals surface area contributed by atoms with Gasteiger partial charge in [0.15, 0.2) is 9.84 Å². The molecule has 0 spiro atoms. The molecule has 0 atom stereocenters. The van der Waals surface area contributed by atoms with Crippen molar-refractivity contribution in [3.05, 3.63) is 29.8 Å². The van der Waals surface area contributed by atoms with Crippen LogP contribution in [0.15, 0.2) is 24.3 Å². The molecule has 0 bridgehead atoms. The Morgan fingerprint density at radius 2 is 2.18 bits per heavy atom. The summed E-state index contributed by atoms with van der Waals surface area (Å²) in [7, 11) is -2.11. The monoisotopic (exact) mass is 326 g/mol. The summed E-state index contributed by atoms with van der Waals surface area (Å²) >= 11 is 0. The Kier molecular flexibility index (Phi) is 5.02. The van der Waals surface area contributed by atoms with Gasteiger partial charge in [-0.2, -0.15) is 0 Å². The van der Waals surface area contributed by atoms with Gasteiger partial charge in [0.1, 0.15) is 11.5 Å². The molecule has 0 saturated carbocycles. The van der Waals surface area contributed by atoms with Crippen LogP contribution in [0.3, 0.4) is 0 Å². The highest BCUT2D eigenvalue weighted by atomic mass is 32.2. The van der Waals surface area contributed by atoms with Crippen molar-refractivity contribution in [1.29, 1.82) is 0 Å². The lowest BCUT2D eigenvalue weighted by Gasteiger charge is -2.26. The Labute approximate surface area is 129 Å². The third-order valence-corrected chi connectivity index (χ3v) is 4.72. The maximum Gasteiger partial charge on any atom is 0.239 e. The maximum absolute atomic E-state index is 12.1. The van der Waals surface area contributed by atoms with Crippen molar-refractivity contribution < 1.29 is 22.7 Å². The molecule has 1 heterocycles. The number of hydrogen-bond donors (Lipinski definition) is 1. The zero-order chi connectivity index (χ0) is 16.2. The fourth-order valence-electron chi connectivity index (χ4n) is 2.20. The van der Waals surface area contributed by atoms with Gasteiger partial charge in [0.05, 0.1) is 19.4 Å². The third-order valence-electron chi connectivity index (χ3n) is 3.26. The number of nitrogens with zero attached hydrogens (tertiary/aromatic N) is 1. The van der Waals surface area contributed by atoms with Crippen molar-refractivity contribution in [3.63, 3.8) is 0 Å². The predicted molar refractivity (Wildman–Crippen MR) is 80.1 cm³/mol. The minimum Gasteiger partial charge on any atom is -0.497 e. The summed E-state index contributed by atoms with van der Waals surface area (Å²) in [5.74, 6) is -1.10. The highest BCUT2D eigenvalue weighted by molar-refractivity contribution is 7.91. The molecule has 2 rings (SSSR count). The molecule has 120 valence electrons. The van der Waals surface area contributed by atoms with Crippen LogP contribution in [0.25, 0.3) is 0 Å². The summed E-state index contributed by atoms with van der Waals surface area (Å²) in [5.41, 5.74) is 0.559. The van der Waals surface area contributed by atoms with Crippen molar-refractivity contribution >= 4 is 21.7 Å². The molecule has 1 N–H and O–H groups in total. The summed E-state index contributed by atoms with van der Waals surface area (Å²) in [6, 6.07) is 6.70. The first-order valence-electron chi connectivity index (χ1n) is 6.77. The normalized spacial score (nSPS) is 15.3. The van der Waals surface area contributed by atoms with Crippen LogP contribution in [0.2, 0.25) is 0 Å². The number of sulfone groups is 1. The molecule has 0 unspecified atom stereocenters. The Morgan fingerprint density at radius 1 is 1.41 bits per heavy atom. The van der Waals surface area contributed by atoms with Crippen LogP contribution in [0.1, 0.15) is 5.56 Å². The topological polar surface area (TPSA) is 92.8 Å². The maximum atomic E-state index is 12.1. The standard InChI is InChI=1S/C14H18N2O5S/c1-21-12-4-2-3-11(7-12)9-22(19,20)10-14(18)16-6-5-15-13(17)8-16/h2-4,7H,5-6,8-10H2,1H3,(H,15,17). The quantitative estimate of drug-likeness (QED) is 0.792. The van der Waals surface area contributed by atoms with Crippen LogP contribution >= 0.6 is 0 Å². The Bertz CT molecular complexity index is 672. The molecular formula is C14H18N2O5S. The highest BCUT2D eigenvalue weighted by Crippen LogP contribution is 2.15. The molecule has 1 fully saturated rings. The lowest BCUT2D eigenvalue weighted by molar-refractivity contribution is -0.136. The average Bonchev–Trinajstić information content (AvgIpc) is 2.46. The number of ether oxygens (including phenoxy) is 1. The molecule has 1 aromatic carbocycles. The van der Waals surface area contributed by atoms with E-state index in [0.717, 1.165) is 0 Å². The van der Waals surface area contributed by atoms with E-state index in [1.807, 2.05) is 0 Å². The fourth-order valence-corrected chi connectivity index (χ4v) is 3.55. The average molecular weight is 326 g/mol. The number of carbonyl (C=O) groups is 2. The predicted octanol–water partition coefficient (Wildman–Crippen LogP) is -0.432. The van der Waals surface area contributed by atoms with Crippen LogP contribution in [-0.4, -0.2) is 57.6 Å². The van der Waals surface area contributed by atoms with E-state index in [1.54, 1.807) is 24.3 Å². The van der Waals surface area contributed by atoms with Gasteiger partial charge in [-0.25, -0.2) is 8.42 Å². The first-order valence-corrected chi connectivity index (χ1v) is 8.59. The number of benzene rings is 1. The fraction of sp³-hybridized carbons (Fsp3) is 0.429. The van der Waals surface area contributed by atoms with E-state index in [4.69, 9.17) is 4.74 Å². The number of methoxy groups -OCH3 is 1. The number of carbonyl (C=O) groups excluding carboxylic acids is 2. The van der Waals surface area contributed by atoms with Gasteiger partial charge < -0.3 is 15.0 Å². The second-order valence-electron chi connectivity index (χ2n) is 5.05. The van der Waals surface area contributed by atoms with Gasteiger partial charge >= 0.3 is 0 Å². The van der Waals surface area contributed by atoms with E-state index in [0.29, 0.717) is 24.4 Å². The second kappa shape index (κ2) is 6.78. The first kappa shape index (κ1) is 16.3. The van der Waals surface area contributed by atoms with Crippen LogP contribution in [0.4, 0.5) is 0 Å². The van der Waals surface area contributed by atoms with E-state index in [-0.39, 0.29) is 18.2 Å². The van der Waals surface area contributed by atoms with Crippen molar-refractivity contribution in [2.75, 3.05) is 32.5 Å². The number of rotatable bonds is 5. The molecule has 1 saturated heterocycles. The summed E-state index contributed by atoms with van der Waals surface area (Å²) in [5, 5.41) is 2.59. The van der Waals surface area contributed by atoms with E-state index < -0.39 is 21.5 Å². The summed E-state index contributed by atoms with van der Waals surface area (Å²) < 4.78 is 29.3. The number of nitrogens with one attached hydrogen (secondary N) is 1. The summed E-state index contributed by atoms with van der Waals surface area (Å²) in [6.07, 6.45) is 0. The van der Waals surface area contributed by atoms with Crippen LogP contribution in [-0.2, 0) is 25.2 Å². The Hall–Kier alpha value is -2.09. The molecule has 2 amide bonds. The van der Waals surface area contributed by atoms with Crippen LogP contribution in [0.5, 0.6) is 5.75 Å². The molecule has 1 aliphatic rings. The molecular weight excluding hydrogens is 308 g/mol. The van der Waals surface area contributed by atoms with Crippen LogP contribution < -0.4 is 10.1 Å². The molecule has 0 aromatic heterocycles. The SMILES string of the molecule is COc1cccc(CS(=O)(=O)CC(=O)N2CCNC(=O)C2)c1. The van der Waals surface area contributed by atoms with Gasteiger partial charge in [-0.15, -0.1) is 0 Å². The Balaban J connectivity index is 2.00. The lowest BCUT2D eigenvalue weighted by atomic mass is 10.2. The van der Waals surface area contributed by atoms with Gasteiger partial charge in [0.2, 0.25) is 11.8 Å². The van der Waals surface area contributed by atoms with Crippen molar-refractivity contribution in [2.45, 2.75) is 5.75 Å². The molecule has 22 heavy (non-hydrogen) atoms. The van der Waals surface area contributed by atoms with Gasteiger partial charge in [-0.1, -0.05) is 12.1 Å². The molecule has 1 aromatic rings. The van der Waals surface area contributed by atoms with Crippen molar-refractivity contribution in [1.82, 2.24) is 10.2 Å². The van der Waals surface area contributed by atoms with E-state index >= 15 is 0 Å². The van der Waals surface area contributed by atoms with Gasteiger partial charge in [-0.05, 0) is 17.7 Å². The largest absolute Gasteiger partial charge is 0.497 e. The molecule has 7 nitrogen and oxygen atoms in total. The number of amides is 2. The molecule has 0 radical (unpaired) electrons. The summed E-state index contributed by atoms with van der Waals surface area (Å²) in [4.78, 5) is 24.5. The molecule has 0 aliphatic carbocycles. The molecule has 8 heteroatoms. The highest BCUT2D eigenvalue weighted by Gasteiger charge is 2.25. The summed E-state index contributed by atoms with van der Waals surface area (Å²) in [6.45, 7) is 0.591. The van der Waals surface area contributed by atoms with Crippen molar-refractivity contribution in [2.24, 2.45) is 0 Å². The van der Waals surface area contributed by atoms with Gasteiger partial charge in [0.25, 0.3) is 0 Å². The van der Waals surface area contributed by atoms with Gasteiger partial charge in [0, 0.05) is 13.1 Å². The zero-order valence-corrected chi connectivity index (χ0v) is 13.1. The lowest BCUT2D eigenvalue weighted by Crippen LogP contribution is -2.51. The minimum absolute atomic E-state index is 0.0898. The van der Waals surface area contributed by atoms with Crippen molar-refractivity contribution in [3.8, 4) is 5.75 Å². The first-order chi connectivity index (χ1) is 10.4. The zero-order valence-electron chi connectivity index (χ0n) is 12.2. The Morgan fingerprint density at radius 3 is 2.86 bits per heavy atom. The molecule has 1 aliphatic heterocycles. The minimum atomic E-state index is -3.60. The van der Waals surface area contributed by atoms with E-state index in [9.17, 15) is 18.0 Å². The second-order valence-corrected chi connectivity index (χ2v) is 7.11. The van der Waals surface area contributed by atoms with Crippen LogP contribution in [0, 0.1) is 0 Å². The third kappa shape index (κ3) is 4.45. The van der Waals surface area contributed by atoms with E-state index in [1.165, 1.54) is 12.0 Å². The number of piperazine rings is 1. The van der Waals surface area contributed by atoms with E-state index in [2.05, 4.69) is 5.32 Å².